The molecule has 0 saturated heterocycles. The number of amidine groups is 1. The van der Waals surface area contributed by atoms with Crippen LogP contribution in [0.4, 0.5) is 0 Å². The van der Waals surface area contributed by atoms with Crippen LogP contribution in [0.25, 0.3) is 11.3 Å². The van der Waals surface area contributed by atoms with Crippen molar-refractivity contribution in [3.63, 3.8) is 0 Å². The molecule has 1 aliphatic rings. The fourth-order valence-electron chi connectivity index (χ4n) is 4.56. The van der Waals surface area contributed by atoms with E-state index in [0.29, 0.717) is 18.8 Å². The molecule has 3 N–H and O–H groups in total. The molecule has 1 aromatic heterocycles. The Hall–Kier alpha value is -3.06. The van der Waals surface area contributed by atoms with E-state index in [1.165, 1.54) is 42.5 Å². The van der Waals surface area contributed by atoms with Crippen molar-refractivity contribution in [3.05, 3.63) is 64.0 Å². The second-order valence-electron chi connectivity index (χ2n) is 9.15. The Balaban J connectivity index is 1.16. The van der Waals surface area contributed by atoms with Crippen molar-refractivity contribution in [2.45, 2.75) is 58.3 Å². The van der Waals surface area contributed by atoms with Crippen molar-refractivity contribution in [3.8, 4) is 22.8 Å². The van der Waals surface area contributed by atoms with E-state index >= 15 is 0 Å². The zero-order valence-corrected chi connectivity index (χ0v) is 21.2. The highest BCUT2D eigenvalue weighted by Crippen LogP contribution is 2.35. The zero-order chi connectivity index (χ0) is 24.5. The van der Waals surface area contributed by atoms with Gasteiger partial charge in [-0.05, 0) is 87.1 Å². The number of rotatable bonds is 12. The minimum absolute atomic E-state index is 0.0912. The highest BCUT2D eigenvalue weighted by Gasteiger charge is 2.20. The molecule has 35 heavy (non-hydrogen) atoms. The van der Waals surface area contributed by atoms with Crippen molar-refractivity contribution in [1.29, 1.82) is 0 Å². The van der Waals surface area contributed by atoms with E-state index in [0.717, 1.165) is 47.4 Å². The SMILES string of the molecule is Cc1nc(-c2ccc(OCCCCCOc3ccc(/C(N)=N/O)cc3)cc2)c(CC2CCCC2)s1. The largest absolute Gasteiger partial charge is 0.494 e. The first-order chi connectivity index (χ1) is 17.1. The van der Waals surface area contributed by atoms with E-state index in [2.05, 4.69) is 36.3 Å². The Morgan fingerprint density at radius 2 is 1.57 bits per heavy atom. The number of benzene rings is 2. The van der Waals surface area contributed by atoms with Crippen molar-refractivity contribution >= 4 is 17.2 Å². The maximum atomic E-state index is 8.71. The van der Waals surface area contributed by atoms with Crippen molar-refractivity contribution in [2.75, 3.05) is 13.2 Å². The number of ether oxygens (including phenoxy) is 2. The van der Waals surface area contributed by atoms with E-state index in [9.17, 15) is 0 Å². The molecule has 3 aromatic rings. The van der Waals surface area contributed by atoms with Crippen LogP contribution in [-0.2, 0) is 6.42 Å². The molecule has 2 aromatic carbocycles. The summed E-state index contributed by atoms with van der Waals surface area (Å²) < 4.78 is 11.7. The van der Waals surface area contributed by atoms with Crippen LogP contribution in [0.1, 0.15) is 60.4 Å². The van der Waals surface area contributed by atoms with Gasteiger partial charge in [0, 0.05) is 16.0 Å². The number of aromatic nitrogens is 1. The first-order valence-corrected chi connectivity index (χ1v) is 13.3. The average Bonchev–Trinajstić information content (AvgIpc) is 3.53. The molecule has 0 atom stereocenters. The van der Waals surface area contributed by atoms with Gasteiger partial charge in [-0.15, -0.1) is 11.3 Å². The number of unbranched alkanes of at least 4 members (excludes halogenated alkanes) is 2. The van der Waals surface area contributed by atoms with Crippen molar-refractivity contribution < 1.29 is 14.7 Å². The topological polar surface area (TPSA) is 90.0 Å². The summed E-state index contributed by atoms with van der Waals surface area (Å²) in [7, 11) is 0. The Morgan fingerprint density at radius 3 is 2.17 bits per heavy atom. The van der Waals surface area contributed by atoms with E-state index < -0.39 is 0 Å². The van der Waals surface area contributed by atoms with E-state index in [1.807, 2.05) is 23.5 Å². The van der Waals surface area contributed by atoms with Crippen LogP contribution in [0.5, 0.6) is 11.5 Å². The third-order valence-corrected chi connectivity index (χ3v) is 7.46. The van der Waals surface area contributed by atoms with Crippen LogP contribution in [0.15, 0.2) is 53.7 Å². The molecule has 1 fully saturated rings. The van der Waals surface area contributed by atoms with Crippen LogP contribution in [0.2, 0.25) is 0 Å². The summed E-state index contributed by atoms with van der Waals surface area (Å²) >= 11 is 1.85. The minimum atomic E-state index is 0.0912. The van der Waals surface area contributed by atoms with E-state index in [4.69, 9.17) is 25.4 Å². The van der Waals surface area contributed by atoms with Gasteiger partial charge >= 0.3 is 0 Å². The van der Waals surface area contributed by atoms with Gasteiger partial charge in [0.1, 0.15) is 11.5 Å². The van der Waals surface area contributed by atoms with Crippen LogP contribution in [0, 0.1) is 12.8 Å². The molecule has 0 spiro atoms. The number of nitrogens with two attached hydrogens (primary N) is 1. The maximum absolute atomic E-state index is 8.71. The molecular weight excluding hydrogens is 458 g/mol. The smallest absolute Gasteiger partial charge is 0.170 e. The second-order valence-corrected chi connectivity index (χ2v) is 10.4. The molecule has 1 heterocycles. The number of aryl methyl sites for hydroxylation is 1. The highest BCUT2D eigenvalue weighted by atomic mass is 32.1. The molecule has 4 rings (SSSR count). The van der Waals surface area contributed by atoms with Gasteiger partial charge in [0.15, 0.2) is 5.84 Å². The minimum Gasteiger partial charge on any atom is -0.494 e. The third kappa shape index (κ3) is 7.21. The van der Waals surface area contributed by atoms with Gasteiger partial charge in [-0.3, -0.25) is 0 Å². The molecule has 0 radical (unpaired) electrons. The van der Waals surface area contributed by atoms with Crippen LogP contribution in [-0.4, -0.2) is 29.2 Å². The third-order valence-electron chi connectivity index (χ3n) is 6.46. The van der Waals surface area contributed by atoms with Gasteiger partial charge in [0.25, 0.3) is 0 Å². The molecule has 7 heteroatoms. The van der Waals surface area contributed by atoms with Gasteiger partial charge in [0.2, 0.25) is 0 Å². The first-order valence-electron chi connectivity index (χ1n) is 12.5. The van der Waals surface area contributed by atoms with E-state index in [-0.39, 0.29) is 5.84 Å². The lowest BCUT2D eigenvalue weighted by molar-refractivity contribution is 0.279. The number of nitrogens with zero attached hydrogens (tertiary/aromatic N) is 2. The predicted octanol–water partition coefficient (Wildman–Crippen LogP) is 6.57. The molecular formula is C28H35N3O3S. The summed E-state index contributed by atoms with van der Waals surface area (Å²) in [5.74, 6) is 2.60. The van der Waals surface area contributed by atoms with Crippen LogP contribution >= 0.6 is 11.3 Å². The summed E-state index contributed by atoms with van der Waals surface area (Å²) in [5.41, 5.74) is 8.57. The normalized spacial score (nSPS) is 14.4. The standard InChI is InChI=1S/C28H35N3O3S/c1-20-30-27(26(35-20)19-21-7-3-4-8-21)22-9-13-24(14-10-22)33-17-5-2-6-18-34-25-15-11-23(12-16-25)28(29)31-32/h9-16,21,32H,2-8,17-19H2,1H3,(H2,29,31). The summed E-state index contributed by atoms with van der Waals surface area (Å²) in [6.45, 7) is 3.44. The van der Waals surface area contributed by atoms with Crippen molar-refractivity contribution in [1.82, 2.24) is 4.98 Å². The van der Waals surface area contributed by atoms with Gasteiger partial charge in [-0.25, -0.2) is 4.98 Å². The number of oxime groups is 1. The number of thiazole rings is 1. The number of hydrogen-bond donors (Lipinski definition) is 2. The summed E-state index contributed by atoms with van der Waals surface area (Å²) in [5, 5.41) is 12.8. The van der Waals surface area contributed by atoms with Gasteiger partial charge < -0.3 is 20.4 Å². The summed E-state index contributed by atoms with van der Waals surface area (Å²) in [6.07, 6.45) is 9.61. The van der Waals surface area contributed by atoms with Crippen LogP contribution in [0.3, 0.4) is 0 Å². The molecule has 186 valence electrons. The first kappa shape index (κ1) is 25.0. The number of hydrogen-bond acceptors (Lipinski definition) is 6. The molecule has 1 saturated carbocycles. The Labute approximate surface area is 211 Å². The zero-order valence-electron chi connectivity index (χ0n) is 20.4. The molecule has 1 aliphatic carbocycles. The highest BCUT2D eigenvalue weighted by molar-refractivity contribution is 7.12. The lowest BCUT2D eigenvalue weighted by Gasteiger charge is -2.10. The molecule has 0 bridgehead atoms. The van der Waals surface area contributed by atoms with E-state index in [1.54, 1.807) is 12.1 Å². The fourth-order valence-corrected chi connectivity index (χ4v) is 5.63. The molecule has 0 unspecified atom stereocenters. The summed E-state index contributed by atoms with van der Waals surface area (Å²) in [6, 6.07) is 15.6. The maximum Gasteiger partial charge on any atom is 0.170 e. The monoisotopic (exact) mass is 493 g/mol. The van der Waals surface area contributed by atoms with Gasteiger partial charge in [-0.1, -0.05) is 30.8 Å². The molecule has 6 nitrogen and oxygen atoms in total. The fraction of sp³-hybridized carbons (Fsp3) is 0.429. The Morgan fingerprint density at radius 1 is 0.971 bits per heavy atom. The Bertz CT molecular complexity index is 1090. The summed E-state index contributed by atoms with van der Waals surface area (Å²) in [4.78, 5) is 6.27. The second kappa shape index (κ2) is 12.6. The average molecular weight is 494 g/mol. The lowest BCUT2D eigenvalue weighted by Crippen LogP contribution is -2.12. The van der Waals surface area contributed by atoms with Crippen LogP contribution < -0.4 is 15.2 Å². The lowest BCUT2D eigenvalue weighted by atomic mass is 10.0. The molecule has 0 aliphatic heterocycles. The molecule has 0 amide bonds. The van der Waals surface area contributed by atoms with Gasteiger partial charge in [-0.2, -0.15) is 0 Å². The van der Waals surface area contributed by atoms with Gasteiger partial charge in [0.05, 0.1) is 23.9 Å². The van der Waals surface area contributed by atoms with Crippen molar-refractivity contribution in [2.24, 2.45) is 16.8 Å². The Kier molecular flexibility index (Phi) is 9.01. The quantitative estimate of drug-likeness (QED) is 0.0978. The predicted molar refractivity (Wildman–Crippen MR) is 142 cm³/mol.